The van der Waals surface area contributed by atoms with Crippen LogP contribution in [0.4, 0.5) is 17.3 Å². The molecule has 4 N–H and O–H groups in total. The molecule has 1 aliphatic carbocycles. The van der Waals surface area contributed by atoms with E-state index in [4.69, 9.17) is 15.2 Å². The van der Waals surface area contributed by atoms with Gasteiger partial charge in [0.1, 0.15) is 22.9 Å². The van der Waals surface area contributed by atoms with Gasteiger partial charge in [0.05, 0.1) is 12.3 Å². The fraction of sp³-hybridized carbons (Fsp3) is 0.455. The van der Waals surface area contributed by atoms with Crippen molar-refractivity contribution in [2.75, 3.05) is 38.0 Å². The summed E-state index contributed by atoms with van der Waals surface area (Å²) < 4.78 is 13.5. The van der Waals surface area contributed by atoms with Crippen LogP contribution in [-0.4, -0.2) is 58.5 Å². The molecule has 1 amide bonds. The van der Waals surface area contributed by atoms with Crippen LogP contribution < -0.4 is 21.9 Å². The van der Waals surface area contributed by atoms with Gasteiger partial charge in [-0.15, -0.1) is 0 Å². The predicted octanol–water partition coefficient (Wildman–Crippen LogP) is 1.92. The summed E-state index contributed by atoms with van der Waals surface area (Å²) in [6.45, 7) is 1.30. The van der Waals surface area contributed by atoms with E-state index in [1.807, 2.05) is 6.07 Å². The Morgan fingerprint density at radius 3 is 2.64 bits per heavy atom. The molecule has 0 atom stereocenters. The number of nitrogens with one attached hydrogen (secondary N) is 2. The second kappa shape index (κ2) is 10.0. The Kier molecular flexibility index (Phi) is 6.90. The van der Waals surface area contributed by atoms with Crippen LogP contribution in [-0.2, 0) is 9.47 Å². The Labute approximate surface area is 190 Å². The van der Waals surface area contributed by atoms with E-state index in [9.17, 15) is 9.59 Å². The molecule has 2 aliphatic rings. The van der Waals surface area contributed by atoms with Gasteiger partial charge in [0.2, 0.25) is 0 Å². The number of methoxy groups -OCH3 is 1. The number of amides is 1. The Bertz CT molecular complexity index is 1180. The van der Waals surface area contributed by atoms with Crippen LogP contribution in [0.2, 0.25) is 0 Å². The third-order valence-corrected chi connectivity index (χ3v) is 5.67. The lowest BCUT2D eigenvalue weighted by Crippen LogP contribution is -2.29. The van der Waals surface area contributed by atoms with Crippen LogP contribution in [0.15, 0.2) is 35.4 Å². The van der Waals surface area contributed by atoms with E-state index < -0.39 is 5.91 Å². The number of hydrogen-bond donors (Lipinski definition) is 3. The average molecular weight is 456 g/mol. The standard InChI is InChI=1S/C18H21N7O3.C4H8O/c1-20-15-9-14(23-17-12(16(19)26)10-21-25(15)17)22-13-3-2-6-24(18(13)27)11-4-7-28-8-5-11;1-5-4-2-3-4/h2-3,6,9-11,20H,4-5,7-8H2,1H3,(H2,19,26)(H,22,23);4H,2-3H2,1H3. The average Bonchev–Trinajstić information content (AvgIpc) is 3.58. The molecule has 11 nitrogen and oxygen atoms in total. The van der Waals surface area contributed by atoms with Gasteiger partial charge in [-0.25, -0.2) is 4.98 Å². The number of aromatic nitrogens is 4. The molecule has 1 aliphatic heterocycles. The van der Waals surface area contributed by atoms with Gasteiger partial charge < -0.3 is 30.4 Å². The molecule has 4 heterocycles. The minimum absolute atomic E-state index is 0.114. The lowest BCUT2D eigenvalue weighted by atomic mass is 10.1. The maximum atomic E-state index is 12.9. The van der Waals surface area contributed by atoms with E-state index in [2.05, 4.69) is 20.7 Å². The summed E-state index contributed by atoms with van der Waals surface area (Å²) in [4.78, 5) is 29.0. The van der Waals surface area contributed by atoms with E-state index >= 15 is 0 Å². The number of nitrogens with two attached hydrogens (primary N) is 1. The number of pyridine rings is 1. The minimum Gasteiger partial charge on any atom is -0.381 e. The smallest absolute Gasteiger partial charge is 0.274 e. The number of hydrogen-bond acceptors (Lipinski definition) is 8. The number of nitrogens with zero attached hydrogens (tertiary/aromatic N) is 4. The summed E-state index contributed by atoms with van der Waals surface area (Å²) in [5.74, 6) is 0.380. The van der Waals surface area contributed by atoms with Gasteiger partial charge in [-0.3, -0.25) is 9.59 Å². The van der Waals surface area contributed by atoms with E-state index in [0.29, 0.717) is 42.3 Å². The van der Waals surface area contributed by atoms with Crippen molar-refractivity contribution in [2.24, 2.45) is 5.73 Å². The number of primary amides is 1. The maximum Gasteiger partial charge on any atom is 0.274 e. The van der Waals surface area contributed by atoms with Gasteiger partial charge in [-0.05, 0) is 37.8 Å². The number of carbonyl (C=O) groups is 1. The highest BCUT2D eigenvalue weighted by Crippen LogP contribution is 2.23. The van der Waals surface area contributed by atoms with Gasteiger partial charge in [0.25, 0.3) is 11.5 Å². The van der Waals surface area contributed by atoms with E-state index in [1.165, 1.54) is 23.6 Å². The fourth-order valence-corrected chi connectivity index (χ4v) is 3.68. The summed E-state index contributed by atoms with van der Waals surface area (Å²) in [5, 5.41) is 10.2. The van der Waals surface area contributed by atoms with Crippen molar-refractivity contribution < 1.29 is 14.3 Å². The minimum atomic E-state index is -0.622. The van der Waals surface area contributed by atoms with Crippen molar-refractivity contribution in [1.29, 1.82) is 0 Å². The summed E-state index contributed by atoms with van der Waals surface area (Å²) in [6, 6.07) is 5.34. The SMILES string of the molecule is CNc1cc(Nc2cccn(C3CCOCC3)c2=O)nc2c(C(N)=O)cnn12.COC1CC1. The highest BCUT2D eigenvalue weighted by Gasteiger charge is 2.20. The number of carbonyl (C=O) groups excluding carboxylic acids is 1. The quantitative estimate of drug-likeness (QED) is 0.513. The third kappa shape index (κ3) is 5.15. The lowest BCUT2D eigenvalue weighted by molar-refractivity contribution is 0.0687. The first-order valence-corrected chi connectivity index (χ1v) is 11.0. The second-order valence-corrected chi connectivity index (χ2v) is 7.97. The normalized spacial score (nSPS) is 16.2. The van der Waals surface area contributed by atoms with Crippen molar-refractivity contribution in [3.05, 3.63) is 46.5 Å². The molecule has 0 aromatic carbocycles. The third-order valence-electron chi connectivity index (χ3n) is 5.67. The van der Waals surface area contributed by atoms with Crippen LogP contribution in [0.25, 0.3) is 5.65 Å². The molecule has 0 bridgehead atoms. The zero-order valence-corrected chi connectivity index (χ0v) is 18.8. The van der Waals surface area contributed by atoms with Gasteiger partial charge in [-0.2, -0.15) is 9.61 Å². The monoisotopic (exact) mass is 455 g/mol. The van der Waals surface area contributed by atoms with Crippen LogP contribution in [0.1, 0.15) is 42.1 Å². The van der Waals surface area contributed by atoms with E-state index in [1.54, 1.807) is 37.1 Å². The van der Waals surface area contributed by atoms with Crippen molar-refractivity contribution in [3.8, 4) is 0 Å². The molecule has 2 fully saturated rings. The Balaban J connectivity index is 0.000000459. The molecule has 1 saturated heterocycles. The van der Waals surface area contributed by atoms with E-state index in [0.717, 1.165) is 12.8 Å². The van der Waals surface area contributed by atoms with Gasteiger partial charge in [-0.1, -0.05) is 0 Å². The molecule has 176 valence electrons. The molecule has 11 heteroatoms. The van der Waals surface area contributed by atoms with Crippen LogP contribution in [0.3, 0.4) is 0 Å². The molecule has 0 spiro atoms. The van der Waals surface area contributed by atoms with Crippen molar-refractivity contribution in [1.82, 2.24) is 19.2 Å². The van der Waals surface area contributed by atoms with Gasteiger partial charge >= 0.3 is 0 Å². The van der Waals surface area contributed by atoms with Crippen molar-refractivity contribution in [3.63, 3.8) is 0 Å². The molecule has 0 unspecified atom stereocenters. The fourth-order valence-electron chi connectivity index (χ4n) is 3.68. The number of rotatable bonds is 6. The molecule has 5 rings (SSSR count). The molecule has 33 heavy (non-hydrogen) atoms. The Morgan fingerprint density at radius 1 is 1.27 bits per heavy atom. The highest BCUT2D eigenvalue weighted by molar-refractivity contribution is 5.98. The van der Waals surface area contributed by atoms with Gasteiger partial charge in [0, 0.05) is 45.7 Å². The van der Waals surface area contributed by atoms with Crippen LogP contribution in [0, 0.1) is 0 Å². The zero-order chi connectivity index (χ0) is 23.4. The predicted molar refractivity (Wildman–Crippen MR) is 124 cm³/mol. The van der Waals surface area contributed by atoms with Crippen molar-refractivity contribution >= 4 is 28.9 Å². The topological polar surface area (TPSA) is 138 Å². The summed E-state index contributed by atoms with van der Waals surface area (Å²) in [6.07, 6.45) is 7.98. The first-order valence-electron chi connectivity index (χ1n) is 11.0. The highest BCUT2D eigenvalue weighted by atomic mass is 16.5. The molecule has 3 aromatic rings. The first-order chi connectivity index (χ1) is 16.0. The Hall–Kier alpha value is -3.44. The van der Waals surface area contributed by atoms with Crippen LogP contribution in [0.5, 0.6) is 0 Å². The molecular formula is C22H29N7O4. The Morgan fingerprint density at radius 2 is 2.03 bits per heavy atom. The molecule has 0 radical (unpaired) electrons. The molecule has 1 saturated carbocycles. The zero-order valence-electron chi connectivity index (χ0n) is 18.8. The van der Waals surface area contributed by atoms with Crippen molar-refractivity contribution in [2.45, 2.75) is 37.8 Å². The second-order valence-electron chi connectivity index (χ2n) is 7.97. The lowest BCUT2D eigenvalue weighted by Gasteiger charge is -2.24. The summed E-state index contributed by atoms with van der Waals surface area (Å²) in [7, 11) is 3.49. The molecular weight excluding hydrogens is 426 g/mol. The largest absolute Gasteiger partial charge is 0.381 e. The van der Waals surface area contributed by atoms with E-state index in [-0.39, 0.29) is 17.2 Å². The maximum absolute atomic E-state index is 12.9. The summed E-state index contributed by atoms with van der Waals surface area (Å²) in [5.41, 5.74) is 6.18. The van der Waals surface area contributed by atoms with Crippen LogP contribution >= 0.6 is 0 Å². The van der Waals surface area contributed by atoms with Gasteiger partial charge in [0.15, 0.2) is 5.65 Å². The number of ether oxygens (including phenoxy) is 2. The molecule has 3 aromatic heterocycles. The summed E-state index contributed by atoms with van der Waals surface area (Å²) >= 11 is 0. The number of fused-ring (bicyclic) bond motifs is 1. The number of anilines is 3. The first kappa shape index (κ1) is 22.7.